The molecule has 5 heteroatoms. The highest BCUT2D eigenvalue weighted by molar-refractivity contribution is 5.48. The molecule has 100 valence electrons. The van der Waals surface area contributed by atoms with Gasteiger partial charge in [0.2, 0.25) is 0 Å². The second-order valence-corrected chi connectivity index (χ2v) is 5.27. The van der Waals surface area contributed by atoms with Gasteiger partial charge in [0, 0.05) is 31.6 Å². The van der Waals surface area contributed by atoms with Crippen LogP contribution in [0.5, 0.6) is 0 Å². The summed E-state index contributed by atoms with van der Waals surface area (Å²) in [5.41, 5.74) is 1.97. The molecule has 19 heavy (non-hydrogen) atoms. The van der Waals surface area contributed by atoms with Gasteiger partial charge in [-0.2, -0.15) is 0 Å². The van der Waals surface area contributed by atoms with Gasteiger partial charge in [-0.3, -0.25) is 4.98 Å². The van der Waals surface area contributed by atoms with Crippen LogP contribution in [0.1, 0.15) is 24.5 Å². The normalized spacial score (nSPS) is 17.8. The van der Waals surface area contributed by atoms with Crippen molar-refractivity contribution in [3.63, 3.8) is 0 Å². The van der Waals surface area contributed by atoms with E-state index in [0.717, 1.165) is 43.1 Å². The molecule has 5 nitrogen and oxygen atoms in total. The van der Waals surface area contributed by atoms with Crippen LogP contribution in [0.4, 0.5) is 0 Å². The molecule has 0 unspecified atom stereocenters. The second-order valence-electron chi connectivity index (χ2n) is 5.27. The fourth-order valence-corrected chi connectivity index (χ4v) is 2.60. The molecule has 2 aromatic rings. The average Bonchev–Trinajstić information content (AvgIpc) is 2.86. The number of hydrogen-bond acceptors (Lipinski definition) is 4. The van der Waals surface area contributed by atoms with Crippen molar-refractivity contribution in [1.29, 1.82) is 0 Å². The minimum atomic E-state index is 0.531. The fraction of sp³-hybridized carbons (Fsp3) is 0.500. The van der Waals surface area contributed by atoms with Crippen molar-refractivity contribution in [2.75, 3.05) is 20.1 Å². The number of nitrogens with zero attached hydrogens (tertiary/aromatic N) is 5. The van der Waals surface area contributed by atoms with E-state index >= 15 is 0 Å². The summed E-state index contributed by atoms with van der Waals surface area (Å²) in [6.07, 6.45) is 9.74. The number of likely N-dealkylation sites (tertiary alicyclic amines) is 1. The first-order chi connectivity index (χ1) is 9.24. The van der Waals surface area contributed by atoms with Gasteiger partial charge >= 0.3 is 0 Å². The van der Waals surface area contributed by atoms with E-state index in [4.69, 9.17) is 4.98 Å². The van der Waals surface area contributed by atoms with E-state index in [0.29, 0.717) is 5.92 Å². The van der Waals surface area contributed by atoms with Gasteiger partial charge in [0.1, 0.15) is 5.69 Å². The lowest BCUT2D eigenvalue weighted by Crippen LogP contribution is -2.29. The van der Waals surface area contributed by atoms with Crippen LogP contribution >= 0.6 is 0 Å². The monoisotopic (exact) mass is 257 g/mol. The first kappa shape index (κ1) is 12.3. The maximum absolute atomic E-state index is 4.76. The van der Waals surface area contributed by atoms with Crippen LogP contribution in [0.3, 0.4) is 0 Å². The topological polar surface area (TPSA) is 46.8 Å². The Morgan fingerprint density at radius 1 is 1.16 bits per heavy atom. The molecule has 0 radical (unpaired) electrons. The summed E-state index contributed by atoms with van der Waals surface area (Å²) in [4.78, 5) is 15.8. The quantitative estimate of drug-likeness (QED) is 0.821. The third-order valence-electron chi connectivity index (χ3n) is 3.84. The van der Waals surface area contributed by atoms with Crippen LogP contribution in [-0.2, 0) is 7.05 Å². The van der Waals surface area contributed by atoms with Crippen molar-refractivity contribution in [1.82, 2.24) is 24.4 Å². The van der Waals surface area contributed by atoms with Crippen molar-refractivity contribution < 1.29 is 0 Å². The van der Waals surface area contributed by atoms with Gasteiger partial charge in [-0.15, -0.1) is 0 Å². The number of aromatic nitrogens is 4. The van der Waals surface area contributed by atoms with Crippen molar-refractivity contribution in [3.8, 4) is 11.5 Å². The molecule has 1 aliphatic rings. The number of rotatable bonds is 2. The van der Waals surface area contributed by atoms with Crippen LogP contribution < -0.4 is 0 Å². The third kappa shape index (κ3) is 2.51. The Hall–Kier alpha value is -1.75. The number of hydrogen-bond donors (Lipinski definition) is 0. The van der Waals surface area contributed by atoms with E-state index in [1.807, 2.05) is 24.0 Å². The van der Waals surface area contributed by atoms with Gasteiger partial charge in [-0.05, 0) is 33.0 Å². The number of piperidine rings is 1. The molecular formula is C14H19N5. The maximum Gasteiger partial charge on any atom is 0.159 e. The fourth-order valence-electron chi connectivity index (χ4n) is 2.60. The zero-order chi connectivity index (χ0) is 13.2. The van der Waals surface area contributed by atoms with Crippen molar-refractivity contribution >= 4 is 0 Å². The maximum atomic E-state index is 4.76. The van der Waals surface area contributed by atoms with Gasteiger partial charge in [0.25, 0.3) is 0 Å². The SMILES string of the molecule is CN1CCC(c2cncc(-c3nccn3C)n2)CC1. The molecule has 0 saturated carbocycles. The summed E-state index contributed by atoms with van der Waals surface area (Å²) in [6, 6.07) is 0. The molecule has 0 aromatic carbocycles. The summed E-state index contributed by atoms with van der Waals surface area (Å²) >= 11 is 0. The molecular weight excluding hydrogens is 238 g/mol. The predicted molar refractivity (Wildman–Crippen MR) is 73.7 cm³/mol. The van der Waals surface area contributed by atoms with Crippen LogP contribution in [0, 0.1) is 0 Å². The van der Waals surface area contributed by atoms with Gasteiger partial charge < -0.3 is 9.47 Å². The van der Waals surface area contributed by atoms with E-state index < -0.39 is 0 Å². The molecule has 3 rings (SSSR count). The number of imidazole rings is 1. The highest BCUT2D eigenvalue weighted by Gasteiger charge is 2.20. The van der Waals surface area contributed by atoms with Crippen LogP contribution in [0.15, 0.2) is 24.8 Å². The zero-order valence-electron chi connectivity index (χ0n) is 11.5. The summed E-state index contributed by atoms with van der Waals surface area (Å²) in [5, 5.41) is 0. The van der Waals surface area contributed by atoms with E-state index in [1.54, 1.807) is 12.4 Å². The van der Waals surface area contributed by atoms with Crippen LogP contribution in [0.25, 0.3) is 11.5 Å². The molecule has 0 N–H and O–H groups in total. The Kier molecular flexibility index (Phi) is 3.29. The molecule has 0 spiro atoms. The lowest BCUT2D eigenvalue weighted by atomic mass is 9.94. The largest absolute Gasteiger partial charge is 0.333 e. The Balaban J connectivity index is 1.86. The van der Waals surface area contributed by atoms with Crippen molar-refractivity contribution in [2.45, 2.75) is 18.8 Å². The Morgan fingerprint density at radius 3 is 2.63 bits per heavy atom. The molecule has 1 saturated heterocycles. The molecule has 0 aliphatic carbocycles. The van der Waals surface area contributed by atoms with E-state index in [2.05, 4.69) is 21.9 Å². The highest BCUT2D eigenvalue weighted by atomic mass is 15.1. The number of aryl methyl sites for hydroxylation is 1. The Bertz CT molecular complexity index is 554. The van der Waals surface area contributed by atoms with Gasteiger partial charge in [0.15, 0.2) is 5.82 Å². The summed E-state index contributed by atoms with van der Waals surface area (Å²) in [5.74, 6) is 1.41. The van der Waals surface area contributed by atoms with Crippen molar-refractivity contribution in [3.05, 3.63) is 30.5 Å². The van der Waals surface area contributed by atoms with E-state index in [-0.39, 0.29) is 0 Å². The molecule has 1 fully saturated rings. The summed E-state index contributed by atoms with van der Waals surface area (Å²) < 4.78 is 1.97. The van der Waals surface area contributed by atoms with Gasteiger partial charge in [-0.1, -0.05) is 0 Å². The van der Waals surface area contributed by atoms with Crippen molar-refractivity contribution in [2.24, 2.45) is 7.05 Å². The standard InChI is InChI=1S/C14H19N5/c1-18-6-3-11(4-7-18)12-9-15-10-13(17-12)14-16-5-8-19(14)2/h5,8-11H,3-4,6-7H2,1-2H3. The minimum Gasteiger partial charge on any atom is -0.333 e. The minimum absolute atomic E-state index is 0.531. The zero-order valence-corrected chi connectivity index (χ0v) is 11.5. The lowest BCUT2D eigenvalue weighted by molar-refractivity contribution is 0.253. The highest BCUT2D eigenvalue weighted by Crippen LogP contribution is 2.26. The van der Waals surface area contributed by atoms with Gasteiger partial charge in [0.05, 0.1) is 11.9 Å². The third-order valence-corrected chi connectivity index (χ3v) is 3.84. The van der Waals surface area contributed by atoms with E-state index in [9.17, 15) is 0 Å². The smallest absolute Gasteiger partial charge is 0.159 e. The predicted octanol–water partition coefficient (Wildman–Crippen LogP) is 1.69. The Labute approximate surface area is 113 Å². The second kappa shape index (κ2) is 5.09. The Morgan fingerprint density at radius 2 is 1.95 bits per heavy atom. The molecule has 0 atom stereocenters. The van der Waals surface area contributed by atoms with Crippen LogP contribution in [0.2, 0.25) is 0 Å². The first-order valence-corrected chi connectivity index (χ1v) is 6.72. The summed E-state index contributed by atoms with van der Waals surface area (Å²) in [6.45, 7) is 2.28. The summed E-state index contributed by atoms with van der Waals surface area (Å²) in [7, 11) is 4.15. The average molecular weight is 257 g/mol. The molecule has 3 heterocycles. The molecule has 1 aliphatic heterocycles. The molecule has 0 bridgehead atoms. The van der Waals surface area contributed by atoms with Crippen LogP contribution in [-0.4, -0.2) is 44.6 Å². The first-order valence-electron chi connectivity index (χ1n) is 6.72. The lowest BCUT2D eigenvalue weighted by Gasteiger charge is -2.28. The molecule has 0 amide bonds. The molecule has 2 aromatic heterocycles. The van der Waals surface area contributed by atoms with E-state index in [1.165, 1.54) is 0 Å². The van der Waals surface area contributed by atoms with Gasteiger partial charge in [-0.25, -0.2) is 9.97 Å².